The molecule has 0 atom stereocenters. The van der Waals surface area contributed by atoms with Crippen molar-refractivity contribution in [1.82, 2.24) is 5.23 Å². The van der Waals surface area contributed by atoms with Gasteiger partial charge in [-0.05, 0) is 12.5 Å². The summed E-state index contributed by atoms with van der Waals surface area (Å²) in [7, 11) is 1.50. The van der Waals surface area contributed by atoms with Gasteiger partial charge in [0.15, 0.2) is 7.98 Å². The third-order valence-electron chi connectivity index (χ3n) is 1.63. The van der Waals surface area contributed by atoms with Crippen LogP contribution < -0.4 is 5.23 Å². The molecule has 1 heterocycles. The van der Waals surface area contributed by atoms with Gasteiger partial charge in [-0.15, -0.1) is 0 Å². The van der Waals surface area contributed by atoms with E-state index in [2.05, 4.69) is 10.2 Å². The summed E-state index contributed by atoms with van der Waals surface area (Å²) in [6.07, 6.45) is 3.89. The van der Waals surface area contributed by atoms with Crippen LogP contribution in [-0.4, -0.2) is 32.7 Å². The van der Waals surface area contributed by atoms with Crippen molar-refractivity contribution >= 4 is 13.7 Å². The number of hydrogen-bond acceptors (Lipinski definition) is 2. The summed E-state index contributed by atoms with van der Waals surface area (Å²) in [4.78, 5) is 3.76. The van der Waals surface area contributed by atoms with E-state index in [-0.39, 0.29) is 12.3 Å². The van der Waals surface area contributed by atoms with E-state index in [1.54, 1.807) is 6.08 Å². The van der Waals surface area contributed by atoms with Gasteiger partial charge in [0.25, 0.3) is 5.92 Å². The molecule has 1 aliphatic rings. The first-order valence-corrected chi connectivity index (χ1v) is 3.91. The molecule has 0 unspecified atom stereocenters. The Morgan fingerprint density at radius 3 is 2.92 bits per heavy atom. The second-order valence-electron chi connectivity index (χ2n) is 2.69. The van der Waals surface area contributed by atoms with Crippen LogP contribution in [0.1, 0.15) is 6.42 Å². The fourth-order valence-electron chi connectivity index (χ4n) is 1.06. The van der Waals surface area contributed by atoms with Crippen LogP contribution in [0.15, 0.2) is 17.1 Å². The summed E-state index contributed by atoms with van der Waals surface area (Å²) in [6.45, 7) is 0.126. The van der Waals surface area contributed by atoms with E-state index in [1.165, 1.54) is 14.1 Å². The van der Waals surface area contributed by atoms with E-state index in [4.69, 9.17) is 0 Å². The molecule has 0 spiro atoms. The minimum absolute atomic E-state index is 0.108. The third kappa shape index (κ3) is 2.14. The first kappa shape index (κ1) is 9.38. The molecular formula is C7H11BF2N2. The third-order valence-corrected chi connectivity index (χ3v) is 1.63. The maximum atomic E-state index is 13.1. The highest BCUT2D eigenvalue weighted by Gasteiger charge is 2.33. The van der Waals surface area contributed by atoms with E-state index in [0.717, 1.165) is 6.42 Å². The fourth-order valence-corrected chi connectivity index (χ4v) is 1.06. The molecule has 1 aliphatic heterocycles. The second kappa shape index (κ2) is 3.80. The molecule has 5 heteroatoms. The Hall–Kier alpha value is -0.705. The summed E-state index contributed by atoms with van der Waals surface area (Å²) < 4.78 is 26.1. The Kier molecular flexibility index (Phi) is 2.97. The second-order valence-corrected chi connectivity index (χ2v) is 2.69. The predicted molar refractivity (Wildman–Crippen MR) is 47.6 cm³/mol. The zero-order valence-electron chi connectivity index (χ0n) is 6.98. The average molecular weight is 172 g/mol. The zero-order valence-corrected chi connectivity index (χ0v) is 6.98. The molecule has 0 aliphatic carbocycles. The number of alkyl halides is 2. The van der Waals surface area contributed by atoms with Gasteiger partial charge >= 0.3 is 0 Å². The lowest BCUT2D eigenvalue weighted by Crippen LogP contribution is -2.38. The van der Waals surface area contributed by atoms with E-state index in [9.17, 15) is 8.78 Å². The summed E-state index contributed by atoms with van der Waals surface area (Å²) >= 11 is 0. The molecule has 0 aromatic carbocycles. The van der Waals surface area contributed by atoms with Gasteiger partial charge in [0, 0.05) is 6.54 Å². The number of nitrogens with one attached hydrogen (secondary N) is 1. The summed E-state index contributed by atoms with van der Waals surface area (Å²) in [6, 6.07) is 0. The maximum absolute atomic E-state index is 13.1. The van der Waals surface area contributed by atoms with Gasteiger partial charge in [-0.2, -0.15) is 8.78 Å². The van der Waals surface area contributed by atoms with Crippen LogP contribution in [0.25, 0.3) is 0 Å². The van der Waals surface area contributed by atoms with E-state index >= 15 is 0 Å². The van der Waals surface area contributed by atoms with Crippen LogP contribution in [0.2, 0.25) is 0 Å². The Morgan fingerprint density at radius 1 is 1.67 bits per heavy atom. The van der Waals surface area contributed by atoms with Gasteiger partial charge in [0.05, 0.1) is 6.54 Å². The summed E-state index contributed by atoms with van der Waals surface area (Å²) in [5.74, 6) is -2.83. The molecule has 0 bridgehead atoms. The van der Waals surface area contributed by atoms with Gasteiger partial charge in [-0.1, -0.05) is 6.08 Å². The van der Waals surface area contributed by atoms with Crippen molar-refractivity contribution in [2.45, 2.75) is 12.3 Å². The molecule has 1 N–H and O–H groups in total. The average Bonchev–Trinajstić information content (AvgIpc) is 2.06. The Bertz CT molecular complexity index is 213. The smallest absolute Gasteiger partial charge is 0.300 e. The predicted octanol–water partition coefficient (Wildman–Crippen LogP) is 0.160. The number of hydrogen-bond donors (Lipinski definition) is 1. The SMILES string of the molecule is BNCC(F)(F)C1=NCCC=C1. The highest BCUT2D eigenvalue weighted by molar-refractivity contribution is 6.06. The molecule has 0 aromatic heterocycles. The van der Waals surface area contributed by atoms with Crippen molar-refractivity contribution in [2.24, 2.45) is 4.99 Å². The van der Waals surface area contributed by atoms with Crippen molar-refractivity contribution in [3.63, 3.8) is 0 Å². The standard InChI is InChI=1S/C7H11BF2N2/c8-12-5-7(9,10)6-3-1-2-4-11-6/h1,3,12H,2,4-5,8H2. The number of rotatable bonds is 3. The first-order valence-electron chi connectivity index (χ1n) is 3.91. The number of aliphatic imine (C=N–C) groups is 1. The molecule has 1 rings (SSSR count). The lowest BCUT2D eigenvalue weighted by molar-refractivity contribution is 0.0845. The highest BCUT2D eigenvalue weighted by atomic mass is 19.3. The largest absolute Gasteiger partial charge is 0.357 e. The summed E-state index contributed by atoms with van der Waals surface area (Å²) in [5.41, 5.74) is -0.108. The molecule has 0 amide bonds. The molecule has 0 saturated heterocycles. The molecule has 66 valence electrons. The molecular weight excluding hydrogens is 161 g/mol. The molecule has 0 radical (unpaired) electrons. The van der Waals surface area contributed by atoms with Gasteiger partial charge in [-0.3, -0.25) is 4.99 Å². The Balaban J connectivity index is 2.66. The summed E-state index contributed by atoms with van der Waals surface area (Å²) in [5, 5.41) is 2.44. The minimum atomic E-state index is -2.83. The van der Waals surface area contributed by atoms with Crippen LogP contribution in [-0.2, 0) is 0 Å². The van der Waals surface area contributed by atoms with Crippen LogP contribution in [0.3, 0.4) is 0 Å². The Labute approximate surface area is 71.2 Å². The Morgan fingerprint density at radius 2 is 2.42 bits per heavy atom. The van der Waals surface area contributed by atoms with Crippen molar-refractivity contribution in [3.8, 4) is 0 Å². The molecule has 0 aromatic rings. The lowest BCUT2D eigenvalue weighted by atomic mass is 10.1. The molecule has 0 saturated carbocycles. The molecule has 2 nitrogen and oxygen atoms in total. The monoisotopic (exact) mass is 172 g/mol. The van der Waals surface area contributed by atoms with Crippen molar-refractivity contribution in [1.29, 1.82) is 0 Å². The van der Waals surface area contributed by atoms with Gasteiger partial charge < -0.3 is 5.23 Å². The quantitative estimate of drug-likeness (QED) is 0.602. The zero-order chi connectivity index (χ0) is 9.03. The van der Waals surface area contributed by atoms with Crippen LogP contribution in [0.5, 0.6) is 0 Å². The topological polar surface area (TPSA) is 24.4 Å². The number of dihydropyridines is 1. The molecule has 12 heavy (non-hydrogen) atoms. The minimum Gasteiger partial charge on any atom is -0.357 e. The van der Waals surface area contributed by atoms with E-state index < -0.39 is 5.92 Å². The fraction of sp³-hybridized carbons (Fsp3) is 0.571. The highest BCUT2D eigenvalue weighted by Crippen LogP contribution is 2.17. The number of nitrogens with zero attached hydrogens (tertiary/aromatic N) is 1. The number of halogens is 2. The van der Waals surface area contributed by atoms with E-state index in [1.807, 2.05) is 0 Å². The lowest BCUT2D eigenvalue weighted by Gasteiger charge is -2.17. The van der Waals surface area contributed by atoms with Gasteiger partial charge in [0.2, 0.25) is 0 Å². The van der Waals surface area contributed by atoms with Crippen LogP contribution in [0, 0.1) is 0 Å². The van der Waals surface area contributed by atoms with Gasteiger partial charge in [0.1, 0.15) is 5.71 Å². The van der Waals surface area contributed by atoms with E-state index in [0.29, 0.717) is 6.54 Å². The molecule has 0 fully saturated rings. The van der Waals surface area contributed by atoms with Crippen molar-refractivity contribution < 1.29 is 8.78 Å². The van der Waals surface area contributed by atoms with Crippen LogP contribution in [0.4, 0.5) is 8.78 Å². The number of allylic oxidation sites excluding steroid dienone is 1. The first-order chi connectivity index (χ1) is 5.67. The van der Waals surface area contributed by atoms with Crippen molar-refractivity contribution in [3.05, 3.63) is 12.2 Å². The maximum Gasteiger partial charge on any atom is 0.300 e. The van der Waals surface area contributed by atoms with Crippen LogP contribution >= 0.6 is 0 Å². The normalized spacial score (nSPS) is 17.7. The van der Waals surface area contributed by atoms with Gasteiger partial charge in [-0.25, -0.2) is 0 Å². The van der Waals surface area contributed by atoms with Crippen molar-refractivity contribution in [2.75, 3.05) is 13.1 Å².